The fourth-order valence-corrected chi connectivity index (χ4v) is 3.82. The zero-order valence-corrected chi connectivity index (χ0v) is 19.4. The summed E-state index contributed by atoms with van der Waals surface area (Å²) in [4.78, 5) is 27.0. The lowest BCUT2D eigenvalue weighted by Crippen LogP contribution is -2.36. The number of hydrazine groups is 1. The summed E-state index contributed by atoms with van der Waals surface area (Å²) in [5.41, 5.74) is 10.4. The molecule has 33 heavy (non-hydrogen) atoms. The first-order valence-corrected chi connectivity index (χ1v) is 11.2. The number of para-hydroxylation sites is 2. The Bertz CT molecular complexity index is 1160. The second-order valence-electron chi connectivity index (χ2n) is 8.20. The number of carbonyl (C=O) groups is 2. The number of anilines is 2. The number of amides is 2. The van der Waals surface area contributed by atoms with Gasteiger partial charge in [0.05, 0.1) is 11.6 Å². The number of aryl methyl sites for hydroxylation is 2. The molecule has 6 nitrogen and oxygen atoms in total. The third kappa shape index (κ3) is 5.46. The molecule has 1 fully saturated rings. The minimum Gasteiger partial charge on any atom is -0.487 e. The average molecular weight is 464 g/mol. The Labute approximate surface area is 198 Å². The summed E-state index contributed by atoms with van der Waals surface area (Å²) in [7, 11) is 0. The standard InChI is InChI=1S/C26H26ClN3O3/c1-17-7-12-22(13-18(17)2)30-15-20(14-25(30)31)26(32)29-28-23-5-3-4-6-24(23)33-16-19-8-10-21(27)11-9-19/h3-13,20,28H,14-16H2,1-2H3,(H,29,32)/t20-/m0/s1. The van der Waals surface area contributed by atoms with Gasteiger partial charge in [0.1, 0.15) is 12.4 Å². The first-order chi connectivity index (χ1) is 15.9. The van der Waals surface area contributed by atoms with Crippen LogP contribution in [0.15, 0.2) is 66.7 Å². The predicted molar refractivity (Wildman–Crippen MR) is 130 cm³/mol. The van der Waals surface area contributed by atoms with Crippen LogP contribution < -0.4 is 20.5 Å². The number of hydrogen-bond donors (Lipinski definition) is 2. The molecule has 3 aromatic rings. The number of rotatable bonds is 7. The third-order valence-electron chi connectivity index (χ3n) is 5.81. The Morgan fingerprint density at radius 3 is 2.58 bits per heavy atom. The molecule has 0 unspecified atom stereocenters. The lowest BCUT2D eigenvalue weighted by atomic mass is 10.1. The number of benzene rings is 3. The molecule has 170 valence electrons. The van der Waals surface area contributed by atoms with Gasteiger partial charge in [0.2, 0.25) is 11.8 Å². The highest BCUT2D eigenvalue weighted by Crippen LogP contribution is 2.28. The second-order valence-corrected chi connectivity index (χ2v) is 8.64. The Balaban J connectivity index is 1.35. The van der Waals surface area contributed by atoms with Gasteiger partial charge in [0.25, 0.3) is 0 Å². The van der Waals surface area contributed by atoms with Crippen LogP contribution in [0.3, 0.4) is 0 Å². The van der Waals surface area contributed by atoms with Crippen molar-refractivity contribution in [1.29, 1.82) is 0 Å². The molecule has 0 bridgehead atoms. The maximum Gasteiger partial charge on any atom is 0.243 e. The first kappa shape index (κ1) is 22.7. The highest BCUT2D eigenvalue weighted by molar-refractivity contribution is 6.30. The summed E-state index contributed by atoms with van der Waals surface area (Å²) in [6, 6.07) is 20.7. The van der Waals surface area contributed by atoms with Crippen molar-refractivity contribution in [3.8, 4) is 5.75 Å². The van der Waals surface area contributed by atoms with E-state index in [1.807, 2.05) is 80.6 Å². The van der Waals surface area contributed by atoms with Gasteiger partial charge < -0.3 is 9.64 Å². The molecule has 0 aromatic heterocycles. The fraction of sp³-hybridized carbons (Fsp3) is 0.231. The smallest absolute Gasteiger partial charge is 0.243 e. The molecular formula is C26H26ClN3O3. The molecule has 0 spiro atoms. The molecule has 1 aliphatic heterocycles. The Morgan fingerprint density at radius 2 is 1.82 bits per heavy atom. The van der Waals surface area contributed by atoms with E-state index in [0.717, 1.165) is 16.8 Å². The molecular weight excluding hydrogens is 438 g/mol. The molecule has 4 rings (SSSR count). The molecule has 2 N–H and O–H groups in total. The van der Waals surface area contributed by atoms with Crippen LogP contribution >= 0.6 is 11.6 Å². The maximum absolute atomic E-state index is 12.8. The van der Waals surface area contributed by atoms with Crippen molar-refractivity contribution in [2.45, 2.75) is 26.9 Å². The number of nitrogens with one attached hydrogen (secondary N) is 2. The number of carbonyl (C=O) groups excluding carboxylic acids is 2. The van der Waals surface area contributed by atoms with Crippen molar-refractivity contribution in [3.05, 3.63) is 88.4 Å². The van der Waals surface area contributed by atoms with Crippen molar-refractivity contribution in [3.63, 3.8) is 0 Å². The van der Waals surface area contributed by atoms with Crippen LogP contribution in [0.4, 0.5) is 11.4 Å². The average Bonchev–Trinajstić information content (AvgIpc) is 3.21. The number of hydrogen-bond acceptors (Lipinski definition) is 4. The summed E-state index contributed by atoms with van der Waals surface area (Å²) in [5, 5.41) is 0.671. The van der Waals surface area contributed by atoms with E-state index in [4.69, 9.17) is 16.3 Å². The van der Waals surface area contributed by atoms with Gasteiger partial charge in [-0.1, -0.05) is 41.9 Å². The van der Waals surface area contributed by atoms with Crippen LogP contribution in [-0.4, -0.2) is 18.4 Å². The molecule has 0 saturated carbocycles. The molecule has 0 radical (unpaired) electrons. The van der Waals surface area contributed by atoms with Crippen molar-refractivity contribution >= 4 is 34.8 Å². The number of nitrogens with zero attached hydrogens (tertiary/aromatic N) is 1. The van der Waals surface area contributed by atoms with Crippen molar-refractivity contribution in [1.82, 2.24) is 5.43 Å². The van der Waals surface area contributed by atoms with Gasteiger partial charge in [-0.25, -0.2) is 0 Å². The van der Waals surface area contributed by atoms with E-state index < -0.39 is 5.92 Å². The highest BCUT2D eigenvalue weighted by atomic mass is 35.5. The van der Waals surface area contributed by atoms with E-state index in [2.05, 4.69) is 10.9 Å². The summed E-state index contributed by atoms with van der Waals surface area (Å²) in [6.45, 7) is 4.76. The Hall–Kier alpha value is -3.51. The largest absolute Gasteiger partial charge is 0.487 e. The Morgan fingerprint density at radius 1 is 1.06 bits per heavy atom. The third-order valence-corrected chi connectivity index (χ3v) is 6.06. The highest BCUT2D eigenvalue weighted by Gasteiger charge is 2.35. The van der Waals surface area contributed by atoms with Gasteiger partial charge in [-0.05, 0) is 66.9 Å². The topological polar surface area (TPSA) is 70.7 Å². The quantitative estimate of drug-likeness (QED) is 0.482. The molecule has 1 saturated heterocycles. The van der Waals surface area contributed by atoms with Crippen LogP contribution in [-0.2, 0) is 16.2 Å². The van der Waals surface area contributed by atoms with Gasteiger partial charge in [-0.3, -0.25) is 20.4 Å². The van der Waals surface area contributed by atoms with Crippen molar-refractivity contribution in [2.24, 2.45) is 5.92 Å². The molecule has 1 atom stereocenters. The van der Waals surface area contributed by atoms with E-state index >= 15 is 0 Å². The maximum atomic E-state index is 12.8. The molecule has 7 heteroatoms. The monoisotopic (exact) mass is 463 g/mol. The first-order valence-electron chi connectivity index (χ1n) is 10.8. The zero-order chi connectivity index (χ0) is 23.4. The van der Waals surface area contributed by atoms with Crippen LogP contribution in [0.25, 0.3) is 0 Å². The summed E-state index contributed by atoms with van der Waals surface area (Å²) in [6.07, 6.45) is 0.176. The SMILES string of the molecule is Cc1ccc(N2C[C@@H](C(=O)NNc3ccccc3OCc3ccc(Cl)cc3)CC2=O)cc1C. The zero-order valence-electron chi connectivity index (χ0n) is 18.6. The van der Waals surface area contributed by atoms with E-state index in [1.54, 1.807) is 4.90 Å². The van der Waals surface area contributed by atoms with Crippen LogP contribution in [0.5, 0.6) is 5.75 Å². The molecule has 3 aromatic carbocycles. The lowest BCUT2D eigenvalue weighted by molar-refractivity contribution is -0.125. The van der Waals surface area contributed by atoms with Gasteiger partial charge in [0, 0.05) is 23.7 Å². The second kappa shape index (κ2) is 9.96. The summed E-state index contributed by atoms with van der Waals surface area (Å²) in [5.74, 6) is -0.118. The van der Waals surface area contributed by atoms with Gasteiger partial charge in [-0.15, -0.1) is 0 Å². The molecule has 1 heterocycles. The summed E-state index contributed by atoms with van der Waals surface area (Å²) < 4.78 is 5.91. The van der Waals surface area contributed by atoms with E-state index in [-0.39, 0.29) is 18.2 Å². The number of halogens is 1. The fourth-order valence-electron chi connectivity index (χ4n) is 3.69. The summed E-state index contributed by atoms with van der Waals surface area (Å²) >= 11 is 5.93. The van der Waals surface area contributed by atoms with E-state index in [1.165, 1.54) is 5.56 Å². The predicted octanol–water partition coefficient (Wildman–Crippen LogP) is 5.03. The molecule has 2 amide bonds. The van der Waals surface area contributed by atoms with Gasteiger partial charge in [-0.2, -0.15) is 0 Å². The molecule has 1 aliphatic rings. The van der Waals surface area contributed by atoms with Gasteiger partial charge in [0.15, 0.2) is 0 Å². The van der Waals surface area contributed by atoms with E-state index in [9.17, 15) is 9.59 Å². The van der Waals surface area contributed by atoms with Crippen LogP contribution in [0.1, 0.15) is 23.1 Å². The lowest BCUT2D eigenvalue weighted by Gasteiger charge is -2.18. The van der Waals surface area contributed by atoms with Gasteiger partial charge >= 0.3 is 0 Å². The Kier molecular flexibility index (Phi) is 6.84. The minimum absolute atomic E-state index is 0.0508. The van der Waals surface area contributed by atoms with Crippen molar-refractivity contribution in [2.75, 3.05) is 16.9 Å². The van der Waals surface area contributed by atoms with E-state index in [0.29, 0.717) is 29.6 Å². The van der Waals surface area contributed by atoms with Crippen molar-refractivity contribution < 1.29 is 14.3 Å². The minimum atomic E-state index is -0.436. The van der Waals surface area contributed by atoms with Crippen LogP contribution in [0, 0.1) is 19.8 Å². The number of ether oxygens (including phenoxy) is 1. The van der Waals surface area contributed by atoms with Crippen LogP contribution in [0.2, 0.25) is 5.02 Å². The molecule has 0 aliphatic carbocycles. The normalized spacial score (nSPS) is 15.4.